The molecule has 5 heteroatoms. The topological polar surface area (TPSA) is 101 Å². The van der Waals surface area contributed by atoms with Crippen molar-refractivity contribution < 1.29 is 19.8 Å². The van der Waals surface area contributed by atoms with E-state index >= 15 is 0 Å². The lowest BCUT2D eigenvalue weighted by atomic mass is 9.60. The molecule has 0 amide bonds. The van der Waals surface area contributed by atoms with Gasteiger partial charge in [-0.3, -0.25) is 9.59 Å². The summed E-state index contributed by atoms with van der Waals surface area (Å²) in [6, 6.07) is 0. The smallest absolute Gasteiger partial charge is 0.324 e. The molecule has 0 bridgehead atoms. The second kappa shape index (κ2) is 3.57. The maximum absolute atomic E-state index is 11.6. The number of nitrogens with two attached hydrogens (primary N) is 1. The molecular formula is C12H17NO4. The molecule has 0 aromatic carbocycles. The fourth-order valence-electron chi connectivity index (χ4n) is 2.95. The van der Waals surface area contributed by atoms with Gasteiger partial charge in [0.15, 0.2) is 0 Å². The maximum atomic E-state index is 11.6. The lowest BCUT2D eigenvalue weighted by Crippen LogP contribution is -2.61. The van der Waals surface area contributed by atoms with Crippen LogP contribution >= 0.6 is 0 Å². The molecule has 2 rings (SSSR count). The number of carboxylic acid groups (broad SMARTS) is 2. The molecule has 17 heavy (non-hydrogen) atoms. The van der Waals surface area contributed by atoms with E-state index in [1.807, 2.05) is 0 Å². The van der Waals surface area contributed by atoms with Crippen molar-refractivity contribution in [2.24, 2.45) is 23.0 Å². The van der Waals surface area contributed by atoms with Crippen molar-refractivity contribution in [3.63, 3.8) is 0 Å². The molecule has 4 N–H and O–H groups in total. The molecule has 2 aliphatic carbocycles. The molecule has 0 heterocycles. The Kier molecular flexibility index (Phi) is 2.54. The molecule has 94 valence electrons. The van der Waals surface area contributed by atoms with E-state index in [2.05, 4.69) is 0 Å². The molecule has 5 nitrogen and oxygen atoms in total. The highest BCUT2D eigenvalue weighted by Gasteiger charge is 2.61. The lowest BCUT2D eigenvalue weighted by Gasteiger charge is -2.44. The van der Waals surface area contributed by atoms with Crippen LogP contribution in [0.5, 0.6) is 0 Å². The van der Waals surface area contributed by atoms with E-state index in [1.165, 1.54) is 0 Å². The number of aliphatic carboxylic acids is 2. The molecular weight excluding hydrogens is 222 g/mol. The normalized spacial score (nSPS) is 41.2. The third-order valence-electron chi connectivity index (χ3n) is 4.36. The molecule has 2 aliphatic rings. The first-order chi connectivity index (χ1) is 7.85. The summed E-state index contributed by atoms with van der Waals surface area (Å²) in [6.45, 7) is 1.64. The molecule has 0 spiro atoms. The first-order valence-corrected chi connectivity index (χ1v) is 5.79. The third-order valence-corrected chi connectivity index (χ3v) is 4.36. The van der Waals surface area contributed by atoms with Crippen LogP contribution in [0.1, 0.15) is 26.2 Å². The third kappa shape index (κ3) is 1.49. The van der Waals surface area contributed by atoms with Gasteiger partial charge in [-0.1, -0.05) is 19.1 Å². The Morgan fingerprint density at radius 3 is 2.29 bits per heavy atom. The molecule has 0 aromatic heterocycles. The summed E-state index contributed by atoms with van der Waals surface area (Å²) in [7, 11) is 0. The van der Waals surface area contributed by atoms with Crippen molar-refractivity contribution in [1.29, 1.82) is 0 Å². The molecule has 3 unspecified atom stereocenters. The Labute approximate surface area is 99.3 Å². The second-order valence-corrected chi connectivity index (χ2v) is 5.19. The number of rotatable bonds is 3. The molecule has 0 saturated heterocycles. The Bertz CT molecular complexity index is 401. The van der Waals surface area contributed by atoms with Crippen LogP contribution in [0.3, 0.4) is 0 Å². The molecule has 0 aromatic rings. The van der Waals surface area contributed by atoms with Crippen molar-refractivity contribution in [1.82, 2.24) is 0 Å². The van der Waals surface area contributed by atoms with Gasteiger partial charge in [-0.2, -0.15) is 0 Å². The Morgan fingerprint density at radius 2 is 1.88 bits per heavy atom. The van der Waals surface area contributed by atoms with Gasteiger partial charge in [0.1, 0.15) is 5.54 Å². The SMILES string of the molecule is CC1C(N)(C(=O)O)CC=CC1(C(=O)O)C1CC1. The van der Waals surface area contributed by atoms with Crippen LogP contribution in [-0.2, 0) is 9.59 Å². The Morgan fingerprint density at radius 1 is 1.29 bits per heavy atom. The first kappa shape index (κ1) is 12.1. The maximum Gasteiger partial charge on any atom is 0.324 e. The van der Waals surface area contributed by atoms with Crippen LogP contribution in [0, 0.1) is 17.3 Å². The van der Waals surface area contributed by atoms with Crippen LogP contribution in [0.4, 0.5) is 0 Å². The first-order valence-electron chi connectivity index (χ1n) is 5.79. The van der Waals surface area contributed by atoms with Crippen molar-refractivity contribution >= 4 is 11.9 Å². The number of hydrogen-bond donors (Lipinski definition) is 3. The molecule has 3 atom stereocenters. The van der Waals surface area contributed by atoms with Crippen LogP contribution in [0.2, 0.25) is 0 Å². The average Bonchev–Trinajstić information content (AvgIpc) is 3.05. The second-order valence-electron chi connectivity index (χ2n) is 5.19. The Hall–Kier alpha value is -1.36. The number of carboxylic acids is 2. The molecule has 0 radical (unpaired) electrons. The van der Waals surface area contributed by atoms with Gasteiger partial charge in [0.2, 0.25) is 0 Å². The van der Waals surface area contributed by atoms with Gasteiger partial charge in [0.25, 0.3) is 0 Å². The molecule has 0 aliphatic heterocycles. The van der Waals surface area contributed by atoms with Gasteiger partial charge in [-0.15, -0.1) is 0 Å². The minimum absolute atomic E-state index is 0.0221. The van der Waals surface area contributed by atoms with Crippen LogP contribution in [0.25, 0.3) is 0 Å². The zero-order valence-electron chi connectivity index (χ0n) is 9.72. The van der Waals surface area contributed by atoms with Crippen LogP contribution in [0.15, 0.2) is 12.2 Å². The van der Waals surface area contributed by atoms with Gasteiger partial charge in [0.05, 0.1) is 5.41 Å². The van der Waals surface area contributed by atoms with E-state index < -0.39 is 28.8 Å². The highest BCUT2D eigenvalue weighted by Crippen LogP contribution is 2.55. The summed E-state index contributed by atoms with van der Waals surface area (Å²) in [6.07, 6.45) is 5.12. The fraction of sp³-hybridized carbons (Fsp3) is 0.667. The zero-order valence-corrected chi connectivity index (χ0v) is 9.72. The lowest BCUT2D eigenvalue weighted by molar-refractivity contribution is -0.157. The summed E-state index contributed by atoms with van der Waals surface area (Å²) in [4.78, 5) is 22.9. The van der Waals surface area contributed by atoms with E-state index in [1.54, 1.807) is 19.1 Å². The minimum Gasteiger partial charge on any atom is -0.481 e. The largest absolute Gasteiger partial charge is 0.481 e. The predicted molar refractivity (Wildman–Crippen MR) is 60.3 cm³/mol. The standard InChI is InChI=1S/C12H17NO4/c1-7-11(9(14)15,8-3-4-8)5-2-6-12(7,13)10(16)17/h2,5,7-8H,3-4,6,13H2,1H3,(H,14,15)(H,16,17). The quantitative estimate of drug-likeness (QED) is 0.634. The fourth-order valence-corrected chi connectivity index (χ4v) is 2.95. The van der Waals surface area contributed by atoms with Gasteiger partial charge < -0.3 is 15.9 Å². The minimum atomic E-state index is -1.48. The highest BCUT2D eigenvalue weighted by molar-refractivity contribution is 5.85. The Balaban J connectivity index is 2.48. The van der Waals surface area contributed by atoms with E-state index in [0.717, 1.165) is 12.8 Å². The van der Waals surface area contributed by atoms with E-state index in [9.17, 15) is 19.8 Å². The predicted octanol–water partition coefficient (Wildman–Crippen LogP) is 0.845. The van der Waals surface area contributed by atoms with Crippen molar-refractivity contribution in [2.75, 3.05) is 0 Å². The highest BCUT2D eigenvalue weighted by atomic mass is 16.4. The number of carbonyl (C=O) groups is 2. The van der Waals surface area contributed by atoms with E-state index in [4.69, 9.17) is 5.73 Å². The summed E-state index contributed by atoms with van der Waals surface area (Å²) in [5.74, 6) is -2.67. The zero-order chi connectivity index (χ0) is 12.8. The van der Waals surface area contributed by atoms with Crippen LogP contribution < -0.4 is 5.73 Å². The average molecular weight is 239 g/mol. The van der Waals surface area contributed by atoms with Gasteiger partial charge >= 0.3 is 11.9 Å². The summed E-state index contributed by atoms with van der Waals surface area (Å²) >= 11 is 0. The van der Waals surface area contributed by atoms with Gasteiger partial charge in [0, 0.05) is 5.92 Å². The van der Waals surface area contributed by atoms with Crippen molar-refractivity contribution in [3.8, 4) is 0 Å². The van der Waals surface area contributed by atoms with Crippen molar-refractivity contribution in [2.45, 2.75) is 31.7 Å². The van der Waals surface area contributed by atoms with Gasteiger partial charge in [-0.05, 0) is 25.2 Å². The molecule has 1 saturated carbocycles. The monoisotopic (exact) mass is 239 g/mol. The number of hydrogen-bond acceptors (Lipinski definition) is 3. The molecule has 1 fully saturated rings. The van der Waals surface area contributed by atoms with Crippen molar-refractivity contribution in [3.05, 3.63) is 12.2 Å². The van der Waals surface area contributed by atoms with E-state index in [0.29, 0.717) is 0 Å². The van der Waals surface area contributed by atoms with E-state index in [-0.39, 0.29) is 12.3 Å². The summed E-state index contributed by atoms with van der Waals surface area (Å²) < 4.78 is 0. The summed E-state index contributed by atoms with van der Waals surface area (Å²) in [5, 5.41) is 18.7. The summed E-state index contributed by atoms with van der Waals surface area (Å²) in [5.41, 5.74) is 3.33. The van der Waals surface area contributed by atoms with Gasteiger partial charge in [-0.25, -0.2) is 0 Å². The van der Waals surface area contributed by atoms with Crippen LogP contribution in [-0.4, -0.2) is 27.7 Å².